The number of ketones is 1. The van der Waals surface area contributed by atoms with Crippen molar-refractivity contribution in [1.82, 2.24) is 5.32 Å². The summed E-state index contributed by atoms with van der Waals surface area (Å²) in [6.45, 7) is 7.87. The van der Waals surface area contributed by atoms with Gasteiger partial charge in [0.25, 0.3) is 5.91 Å². The Morgan fingerprint density at radius 2 is 1.81 bits per heavy atom. The van der Waals surface area contributed by atoms with Crippen LogP contribution in [0.4, 0.5) is 10.1 Å². The summed E-state index contributed by atoms with van der Waals surface area (Å²) in [4.78, 5) is 26.8. The van der Waals surface area contributed by atoms with Crippen LogP contribution in [-0.2, 0) is 9.59 Å². The molecular weight excluding hydrogens is 471 g/mol. The Balaban J connectivity index is 1.84. The lowest BCUT2D eigenvalue weighted by Crippen LogP contribution is -2.39. The van der Waals surface area contributed by atoms with Gasteiger partial charge in [-0.15, -0.1) is 0 Å². The second-order valence-corrected chi connectivity index (χ2v) is 10.3. The highest BCUT2D eigenvalue weighted by Crippen LogP contribution is 2.47. The summed E-state index contributed by atoms with van der Waals surface area (Å²) in [5.41, 5.74) is 4.08. The van der Waals surface area contributed by atoms with Gasteiger partial charge in [-0.3, -0.25) is 9.59 Å². The summed E-state index contributed by atoms with van der Waals surface area (Å²) in [6.07, 6.45) is 1.01. The minimum Gasteiger partial charge on any atom is -0.362 e. The van der Waals surface area contributed by atoms with E-state index in [0.717, 1.165) is 11.3 Å². The van der Waals surface area contributed by atoms with Crippen LogP contribution < -0.4 is 10.6 Å². The number of carbonyl (C=O) groups excluding carboxylic acids is 2. The molecule has 1 amide bonds. The molecule has 4 nitrogen and oxygen atoms in total. The molecule has 2 aliphatic rings. The molecule has 0 saturated heterocycles. The van der Waals surface area contributed by atoms with Gasteiger partial charge in [0.05, 0.1) is 0 Å². The van der Waals surface area contributed by atoms with Crippen molar-refractivity contribution in [3.8, 4) is 0 Å². The normalized spacial score (nSPS) is 20.1. The summed E-state index contributed by atoms with van der Waals surface area (Å²) in [6, 6.07) is 12.1. The molecule has 1 aliphatic carbocycles. The number of dihydropyridines is 1. The monoisotopic (exact) mass is 496 g/mol. The van der Waals surface area contributed by atoms with Crippen molar-refractivity contribution in [2.24, 2.45) is 5.41 Å². The van der Waals surface area contributed by atoms with E-state index < -0.39 is 11.7 Å². The molecule has 32 heavy (non-hydrogen) atoms. The van der Waals surface area contributed by atoms with Crippen LogP contribution in [0.25, 0.3) is 0 Å². The van der Waals surface area contributed by atoms with Crippen LogP contribution in [-0.4, -0.2) is 11.7 Å². The van der Waals surface area contributed by atoms with E-state index in [4.69, 9.17) is 0 Å². The lowest BCUT2D eigenvalue weighted by Gasteiger charge is -2.39. The Bertz CT molecular complexity index is 1180. The molecular formula is C26H26BrFN2O2. The number of halogens is 2. The van der Waals surface area contributed by atoms with Crippen LogP contribution in [0.2, 0.25) is 0 Å². The molecule has 2 aromatic carbocycles. The minimum absolute atomic E-state index is 0.0544. The van der Waals surface area contributed by atoms with Crippen LogP contribution in [0.15, 0.2) is 69.5 Å². The zero-order valence-electron chi connectivity index (χ0n) is 18.6. The summed E-state index contributed by atoms with van der Waals surface area (Å²) in [7, 11) is 0. The zero-order chi connectivity index (χ0) is 23.2. The Morgan fingerprint density at radius 1 is 1.12 bits per heavy atom. The SMILES string of the molecule is CC1=C(C(=O)Nc2ccc(C)cc2)[C@@H](c2cc(Br)ccc2F)C2=C(CC(C)(C)CC2=O)N1. The van der Waals surface area contributed by atoms with Crippen LogP contribution >= 0.6 is 15.9 Å². The van der Waals surface area contributed by atoms with E-state index in [2.05, 4.69) is 26.6 Å². The first kappa shape index (κ1) is 22.5. The first-order chi connectivity index (χ1) is 15.1. The molecule has 0 saturated carbocycles. The predicted molar refractivity (Wildman–Crippen MR) is 128 cm³/mol. The molecule has 0 radical (unpaired) electrons. The third-order valence-electron chi connectivity index (χ3n) is 6.06. The molecule has 1 heterocycles. The highest BCUT2D eigenvalue weighted by Gasteiger charge is 2.43. The number of amides is 1. The van der Waals surface area contributed by atoms with Crippen molar-refractivity contribution < 1.29 is 14.0 Å². The fraction of sp³-hybridized carbons (Fsp3) is 0.308. The number of hydrogen-bond acceptors (Lipinski definition) is 3. The number of hydrogen-bond donors (Lipinski definition) is 2. The van der Waals surface area contributed by atoms with E-state index in [1.807, 2.05) is 52.0 Å². The van der Waals surface area contributed by atoms with Crippen molar-refractivity contribution in [2.75, 3.05) is 5.32 Å². The second kappa shape index (κ2) is 8.32. The number of nitrogens with one attached hydrogen (secondary N) is 2. The Hall–Kier alpha value is -2.73. The van der Waals surface area contributed by atoms with E-state index in [1.54, 1.807) is 12.1 Å². The van der Waals surface area contributed by atoms with Gasteiger partial charge in [-0.05, 0) is 56.0 Å². The molecule has 0 fully saturated rings. The van der Waals surface area contributed by atoms with Gasteiger partial charge in [-0.2, -0.15) is 0 Å². The van der Waals surface area contributed by atoms with Gasteiger partial charge in [-0.25, -0.2) is 4.39 Å². The van der Waals surface area contributed by atoms with Crippen LogP contribution in [0, 0.1) is 18.2 Å². The Morgan fingerprint density at radius 3 is 2.50 bits per heavy atom. The van der Waals surface area contributed by atoms with Gasteiger partial charge in [0, 0.05) is 50.6 Å². The third-order valence-corrected chi connectivity index (χ3v) is 6.56. The topological polar surface area (TPSA) is 58.2 Å². The summed E-state index contributed by atoms with van der Waals surface area (Å²) in [5, 5.41) is 6.23. The number of anilines is 1. The predicted octanol–water partition coefficient (Wildman–Crippen LogP) is 6.14. The van der Waals surface area contributed by atoms with Gasteiger partial charge in [0.15, 0.2) is 5.78 Å². The smallest absolute Gasteiger partial charge is 0.254 e. The molecule has 2 N–H and O–H groups in total. The number of benzene rings is 2. The zero-order valence-corrected chi connectivity index (χ0v) is 20.2. The maximum atomic E-state index is 15.1. The number of allylic oxidation sites excluding steroid dienone is 3. The molecule has 1 aliphatic heterocycles. The summed E-state index contributed by atoms with van der Waals surface area (Å²) >= 11 is 3.42. The highest BCUT2D eigenvalue weighted by molar-refractivity contribution is 9.10. The van der Waals surface area contributed by atoms with Gasteiger partial charge in [0.2, 0.25) is 0 Å². The standard InChI is InChI=1S/C26H26BrFN2O2/c1-14-5-8-17(9-6-14)30-25(32)22-15(2)29-20-12-26(3,4)13-21(31)24(20)23(22)18-11-16(27)7-10-19(18)28/h5-11,23,29H,12-13H2,1-4H3,(H,30,32)/t23-/m1/s1. The average Bonchev–Trinajstić information content (AvgIpc) is 2.69. The molecule has 166 valence electrons. The lowest BCUT2D eigenvalue weighted by atomic mass is 9.68. The Kier molecular flexibility index (Phi) is 5.84. The van der Waals surface area contributed by atoms with E-state index in [-0.39, 0.29) is 17.1 Å². The molecule has 6 heteroatoms. The van der Waals surface area contributed by atoms with Crippen molar-refractivity contribution in [3.63, 3.8) is 0 Å². The molecule has 4 rings (SSSR count). The number of aryl methyl sites for hydroxylation is 1. The number of carbonyl (C=O) groups is 2. The lowest BCUT2D eigenvalue weighted by molar-refractivity contribution is -0.118. The maximum Gasteiger partial charge on any atom is 0.254 e. The number of Topliss-reactive ketones (excluding diaryl/α,β-unsaturated/α-hetero) is 1. The van der Waals surface area contributed by atoms with Crippen molar-refractivity contribution in [2.45, 2.75) is 46.5 Å². The van der Waals surface area contributed by atoms with Gasteiger partial charge in [-0.1, -0.05) is 47.5 Å². The van der Waals surface area contributed by atoms with E-state index in [1.165, 1.54) is 6.07 Å². The molecule has 0 spiro atoms. The van der Waals surface area contributed by atoms with Crippen molar-refractivity contribution in [1.29, 1.82) is 0 Å². The third kappa shape index (κ3) is 4.29. The summed E-state index contributed by atoms with van der Waals surface area (Å²) < 4.78 is 15.8. The first-order valence-electron chi connectivity index (χ1n) is 10.6. The second-order valence-electron chi connectivity index (χ2n) is 9.42. The van der Waals surface area contributed by atoms with Crippen molar-refractivity contribution >= 4 is 33.3 Å². The highest BCUT2D eigenvalue weighted by atomic mass is 79.9. The fourth-order valence-electron chi connectivity index (χ4n) is 4.62. The van der Waals surface area contributed by atoms with Crippen LogP contribution in [0.3, 0.4) is 0 Å². The van der Waals surface area contributed by atoms with Gasteiger partial charge in [0.1, 0.15) is 5.82 Å². The van der Waals surface area contributed by atoms with Crippen LogP contribution in [0.1, 0.15) is 50.7 Å². The quantitative estimate of drug-likeness (QED) is 0.536. The van der Waals surface area contributed by atoms with E-state index >= 15 is 4.39 Å². The molecule has 0 bridgehead atoms. The van der Waals surface area contributed by atoms with E-state index in [9.17, 15) is 9.59 Å². The van der Waals surface area contributed by atoms with Crippen LogP contribution in [0.5, 0.6) is 0 Å². The summed E-state index contributed by atoms with van der Waals surface area (Å²) in [5.74, 6) is -1.63. The Labute approximate surface area is 196 Å². The largest absolute Gasteiger partial charge is 0.362 e. The maximum absolute atomic E-state index is 15.1. The average molecular weight is 497 g/mol. The molecule has 0 unspecified atom stereocenters. The van der Waals surface area contributed by atoms with E-state index in [0.29, 0.717) is 45.4 Å². The first-order valence-corrected chi connectivity index (χ1v) is 11.4. The number of rotatable bonds is 3. The van der Waals surface area contributed by atoms with Gasteiger partial charge >= 0.3 is 0 Å². The minimum atomic E-state index is -0.780. The molecule has 0 aromatic heterocycles. The molecule has 2 aromatic rings. The van der Waals surface area contributed by atoms with Gasteiger partial charge < -0.3 is 10.6 Å². The molecule has 1 atom stereocenters. The fourth-order valence-corrected chi connectivity index (χ4v) is 5.00. The van der Waals surface area contributed by atoms with Crippen molar-refractivity contribution in [3.05, 3.63) is 86.4 Å².